The maximum absolute atomic E-state index is 10.4. The van der Waals surface area contributed by atoms with E-state index in [9.17, 15) is 4.79 Å². The Morgan fingerprint density at radius 2 is 2.14 bits per heavy atom. The molecule has 0 atom stereocenters. The lowest BCUT2D eigenvalue weighted by molar-refractivity contribution is 0.209. The zero-order valence-electron chi connectivity index (χ0n) is 7.17. The van der Waals surface area contributed by atoms with Crippen molar-refractivity contribution in [2.24, 2.45) is 0 Å². The minimum atomic E-state index is -1.21. The molecule has 14 heavy (non-hydrogen) atoms. The number of carboxylic acid groups (broad SMARTS) is 1. The highest BCUT2D eigenvalue weighted by Gasteiger charge is 2.11. The van der Waals surface area contributed by atoms with Crippen LogP contribution >= 0.6 is 23.2 Å². The molecule has 6 heteroatoms. The van der Waals surface area contributed by atoms with E-state index in [4.69, 9.17) is 33.0 Å². The third kappa shape index (κ3) is 2.43. The number of ether oxygens (including phenoxy) is 1. The zero-order valence-corrected chi connectivity index (χ0v) is 8.69. The van der Waals surface area contributed by atoms with Crippen molar-refractivity contribution in [3.63, 3.8) is 0 Å². The molecule has 0 aliphatic carbocycles. The SMILES string of the molecule is COc1c(Cl)cc(Cl)cc1NC(=O)O. The number of benzene rings is 1. The van der Waals surface area contributed by atoms with Gasteiger partial charge in [-0.2, -0.15) is 0 Å². The summed E-state index contributed by atoms with van der Waals surface area (Å²) in [6, 6.07) is 2.88. The van der Waals surface area contributed by atoms with Crippen molar-refractivity contribution in [1.29, 1.82) is 0 Å². The molecule has 1 aromatic rings. The molecular weight excluding hydrogens is 229 g/mol. The van der Waals surface area contributed by atoms with Crippen molar-refractivity contribution in [2.75, 3.05) is 12.4 Å². The van der Waals surface area contributed by atoms with Gasteiger partial charge in [-0.15, -0.1) is 0 Å². The molecule has 0 aliphatic rings. The van der Waals surface area contributed by atoms with Gasteiger partial charge in [-0.25, -0.2) is 4.79 Å². The maximum Gasteiger partial charge on any atom is 0.409 e. The van der Waals surface area contributed by atoms with E-state index in [2.05, 4.69) is 5.32 Å². The lowest BCUT2D eigenvalue weighted by Gasteiger charge is -2.09. The Kier molecular flexibility index (Phi) is 3.43. The molecule has 2 N–H and O–H groups in total. The number of carbonyl (C=O) groups is 1. The smallest absolute Gasteiger partial charge is 0.409 e. The van der Waals surface area contributed by atoms with Crippen molar-refractivity contribution in [3.8, 4) is 5.75 Å². The first-order valence-corrected chi connectivity index (χ1v) is 4.33. The summed E-state index contributed by atoms with van der Waals surface area (Å²) in [5, 5.41) is 11.2. The third-order valence-electron chi connectivity index (χ3n) is 1.45. The van der Waals surface area contributed by atoms with Crippen LogP contribution in [0.2, 0.25) is 10.0 Å². The van der Waals surface area contributed by atoms with Crippen molar-refractivity contribution in [3.05, 3.63) is 22.2 Å². The van der Waals surface area contributed by atoms with Gasteiger partial charge in [0.25, 0.3) is 0 Å². The highest BCUT2D eigenvalue weighted by molar-refractivity contribution is 6.36. The second-order valence-corrected chi connectivity index (χ2v) is 3.24. The summed E-state index contributed by atoms with van der Waals surface area (Å²) in [5.41, 5.74) is 0.220. The predicted molar refractivity (Wildman–Crippen MR) is 54.7 cm³/mol. The lowest BCUT2D eigenvalue weighted by Crippen LogP contribution is -2.08. The van der Waals surface area contributed by atoms with Crippen LogP contribution in [-0.4, -0.2) is 18.3 Å². The minimum absolute atomic E-state index is 0.220. The molecule has 0 radical (unpaired) electrons. The van der Waals surface area contributed by atoms with Crippen LogP contribution in [0.25, 0.3) is 0 Å². The van der Waals surface area contributed by atoms with Crippen LogP contribution in [0.15, 0.2) is 12.1 Å². The van der Waals surface area contributed by atoms with Crippen LogP contribution in [0.5, 0.6) is 5.75 Å². The second kappa shape index (κ2) is 4.39. The standard InChI is InChI=1S/C8H7Cl2NO3/c1-14-7-5(10)2-4(9)3-6(7)11-8(12)13/h2-3,11H,1H3,(H,12,13). The molecule has 1 amide bonds. The van der Waals surface area contributed by atoms with Gasteiger partial charge in [0.15, 0.2) is 5.75 Å². The maximum atomic E-state index is 10.4. The van der Waals surface area contributed by atoms with Gasteiger partial charge >= 0.3 is 6.09 Å². The molecule has 0 aliphatic heterocycles. The minimum Gasteiger partial charge on any atom is -0.493 e. The number of hydrogen-bond acceptors (Lipinski definition) is 2. The Balaban J connectivity index is 3.17. The molecule has 0 spiro atoms. The van der Waals surface area contributed by atoms with E-state index in [-0.39, 0.29) is 16.5 Å². The highest BCUT2D eigenvalue weighted by atomic mass is 35.5. The van der Waals surface area contributed by atoms with Crippen molar-refractivity contribution < 1.29 is 14.6 Å². The van der Waals surface area contributed by atoms with Crippen molar-refractivity contribution in [1.82, 2.24) is 0 Å². The molecule has 0 saturated carbocycles. The average molecular weight is 236 g/mol. The Morgan fingerprint density at radius 1 is 1.50 bits per heavy atom. The average Bonchev–Trinajstić information content (AvgIpc) is 2.01. The first-order valence-electron chi connectivity index (χ1n) is 3.57. The second-order valence-electron chi connectivity index (χ2n) is 2.40. The van der Waals surface area contributed by atoms with Gasteiger partial charge in [-0.1, -0.05) is 23.2 Å². The molecule has 0 fully saturated rings. The van der Waals surface area contributed by atoms with Gasteiger partial charge in [-0.05, 0) is 12.1 Å². The number of halogens is 2. The first-order chi connectivity index (χ1) is 6.54. The molecule has 76 valence electrons. The van der Waals surface area contributed by atoms with E-state index in [0.717, 1.165) is 0 Å². The van der Waals surface area contributed by atoms with E-state index in [1.807, 2.05) is 0 Å². The van der Waals surface area contributed by atoms with E-state index in [0.29, 0.717) is 5.02 Å². The zero-order chi connectivity index (χ0) is 10.7. The van der Waals surface area contributed by atoms with Crippen LogP contribution in [0, 0.1) is 0 Å². The molecule has 0 heterocycles. The van der Waals surface area contributed by atoms with Gasteiger partial charge in [0.05, 0.1) is 17.8 Å². The quantitative estimate of drug-likeness (QED) is 0.829. The monoisotopic (exact) mass is 235 g/mol. The molecule has 1 aromatic carbocycles. The predicted octanol–water partition coefficient (Wildman–Crippen LogP) is 3.09. The van der Waals surface area contributed by atoms with Gasteiger partial charge in [0.1, 0.15) is 0 Å². The van der Waals surface area contributed by atoms with Crippen LogP contribution in [0.1, 0.15) is 0 Å². The van der Waals surface area contributed by atoms with Gasteiger partial charge in [0.2, 0.25) is 0 Å². The summed E-state index contributed by atoms with van der Waals surface area (Å²) in [7, 11) is 1.39. The fourth-order valence-electron chi connectivity index (χ4n) is 0.976. The number of methoxy groups -OCH3 is 1. The summed E-state index contributed by atoms with van der Waals surface area (Å²) in [4.78, 5) is 10.4. The Labute approximate surface area is 90.4 Å². The first kappa shape index (κ1) is 10.9. The molecule has 4 nitrogen and oxygen atoms in total. The van der Waals surface area contributed by atoms with Gasteiger partial charge in [-0.3, -0.25) is 5.32 Å². The van der Waals surface area contributed by atoms with Gasteiger partial charge < -0.3 is 9.84 Å². The van der Waals surface area contributed by atoms with Crippen LogP contribution in [0.4, 0.5) is 10.5 Å². The molecule has 1 rings (SSSR count). The summed E-state index contributed by atoms with van der Waals surface area (Å²) in [5.74, 6) is 0.249. The highest BCUT2D eigenvalue weighted by Crippen LogP contribution is 2.35. The van der Waals surface area contributed by atoms with Crippen LogP contribution < -0.4 is 10.1 Å². The van der Waals surface area contributed by atoms with Crippen LogP contribution in [-0.2, 0) is 0 Å². The summed E-state index contributed by atoms with van der Waals surface area (Å²) >= 11 is 11.5. The molecule has 0 aromatic heterocycles. The summed E-state index contributed by atoms with van der Waals surface area (Å²) in [6.45, 7) is 0. The number of rotatable bonds is 2. The number of anilines is 1. The lowest BCUT2D eigenvalue weighted by atomic mass is 10.3. The summed E-state index contributed by atoms with van der Waals surface area (Å²) < 4.78 is 4.92. The van der Waals surface area contributed by atoms with E-state index in [1.165, 1.54) is 19.2 Å². The van der Waals surface area contributed by atoms with Gasteiger partial charge in [0, 0.05) is 5.02 Å². The summed E-state index contributed by atoms with van der Waals surface area (Å²) in [6.07, 6.45) is -1.21. The Morgan fingerprint density at radius 3 is 2.64 bits per heavy atom. The van der Waals surface area contributed by atoms with Crippen LogP contribution in [0.3, 0.4) is 0 Å². The molecule has 0 saturated heterocycles. The third-order valence-corrected chi connectivity index (χ3v) is 1.95. The fourth-order valence-corrected chi connectivity index (χ4v) is 1.55. The fraction of sp³-hybridized carbons (Fsp3) is 0.125. The molecule has 0 unspecified atom stereocenters. The Hall–Kier alpha value is -1.13. The van der Waals surface area contributed by atoms with E-state index < -0.39 is 6.09 Å². The van der Waals surface area contributed by atoms with E-state index >= 15 is 0 Å². The van der Waals surface area contributed by atoms with E-state index in [1.54, 1.807) is 0 Å². The molecular formula is C8H7Cl2NO3. The molecule has 0 bridgehead atoms. The number of amides is 1. The number of hydrogen-bond donors (Lipinski definition) is 2. The Bertz CT molecular complexity index is 368. The normalized spacial score (nSPS) is 9.64. The van der Waals surface area contributed by atoms with Crippen molar-refractivity contribution in [2.45, 2.75) is 0 Å². The van der Waals surface area contributed by atoms with Crippen molar-refractivity contribution >= 4 is 35.0 Å². The largest absolute Gasteiger partial charge is 0.493 e. The number of nitrogens with one attached hydrogen (secondary N) is 1. The topological polar surface area (TPSA) is 58.6 Å².